The predicted molar refractivity (Wildman–Crippen MR) is 48.7 cm³/mol. The van der Waals surface area contributed by atoms with Crippen molar-refractivity contribution in [3.05, 3.63) is 0 Å². The fraction of sp³-hybridized carbons (Fsp3) is 0.429. The summed E-state index contributed by atoms with van der Waals surface area (Å²) in [5, 5.41) is 0.459. The molecule has 0 radical (unpaired) electrons. The number of nitrogens with zero attached hydrogens (tertiary/aromatic N) is 2. The average molecular weight is 184 g/mol. The molecule has 0 N–H and O–H groups in total. The van der Waals surface area contributed by atoms with Crippen molar-refractivity contribution < 1.29 is 9.59 Å². The van der Waals surface area contributed by atoms with Gasteiger partial charge in [-0.05, 0) is 6.92 Å². The molecule has 0 spiro atoms. The molecule has 1 heterocycles. The maximum Gasteiger partial charge on any atom is 0.255 e. The van der Waals surface area contributed by atoms with Gasteiger partial charge in [-0.2, -0.15) is 4.99 Å². The highest BCUT2D eigenvalue weighted by molar-refractivity contribution is 8.14. The summed E-state index contributed by atoms with van der Waals surface area (Å²) in [6, 6.07) is 0. The molecule has 0 saturated carbocycles. The van der Waals surface area contributed by atoms with E-state index in [9.17, 15) is 9.59 Å². The number of carbonyl (C=O) groups excluding carboxylic acids is 2. The van der Waals surface area contributed by atoms with Gasteiger partial charge >= 0.3 is 0 Å². The van der Waals surface area contributed by atoms with E-state index < -0.39 is 5.91 Å². The minimum atomic E-state index is -0.413. The van der Waals surface area contributed by atoms with Crippen LogP contribution in [-0.4, -0.2) is 28.8 Å². The van der Waals surface area contributed by atoms with E-state index in [4.69, 9.17) is 0 Å². The van der Waals surface area contributed by atoms with Crippen molar-refractivity contribution >= 4 is 34.8 Å². The summed E-state index contributed by atoms with van der Waals surface area (Å²) in [5.74, 6) is 0.173. The molecule has 5 heteroatoms. The number of carbonyl (C=O) groups is 2. The molecule has 0 aliphatic carbocycles. The van der Waals surface area contributed by atoms with Crippen molar-refractivity contribution in [2.24, 2.45) is 9.98 Å². The van der Waals surface area contributed by atoms with Gasteiger partial charge in [-0.1, -0.05) is 11.8 Å². The SMILES string of the molecule is CC(=O)CC(=O)N=C1N=CCS1. The number of Topliss-reactive ketones (excluding diaryl/α,β-unsaturated/α-hetero) is 1. The second-order valence-corrected chi connectivity index (χ2v) is 3.28. The van der Waals surface area contributed by atoms with Crippen molar-refractivity contribution in [1.82, 2.24) is 0 Å². The maximum atomic E-state index is 10.9. The predicted octanol–water partition coefficient (Wildman–Crippen LogP) is 0.666. The lowest BCUT2D eigenvalue weighted by Crippen LogP contribution is -2.02. The molecule has 0 aromatic heterocycles. The van der Waals surface area contributed by atoms with Gasteiger partial charge in [-0.3, -0.25) is 9.59 Å². The summed E-state index contributed by atoms with van der Waals surface area (Å²) in [5.41, 5.74) is 0. The highest BCUT2D eigenvalue weighted by Gasteiger charge is 2.08. The number of hydrogen-bond acceptors (Lipinski definition) is 3. The van der Waals surface area contributed by atoms with Crippen molar-refractivity contribution in [2.75, 3.05) is 5.75 Å². The Morgan fingerprint density at radius 2 is 2.50 bits per heavy atom. The second-order valence-electron chi connectivity index (χ2n) is 2.29. The summed E-state index contributed by atoms with van der Waals surface area (Å²) in [6.45, 7) is 1.36. The number of ketones is 1. The van der Waals surface area contributed by atoms with Crippen LogP contribution in [0.25, 0.3) is 0 Å². The summed E-state index contributed by atoms with van der Waals surface area (Å²) >= 11 is 1.39. The molecule has 1 aliphatic rings. The Morgan fingerprint density at radius 1 is 1.75 bits per heavy atom. The van der Waals surface area contributed by atoms with Crippen LogP contribution in [0, 0.1) is 0 Å². The molecule has 64 valence electrons. The molecule has 1 amide bonds. The van der Waals surface area contributed by atoms with E-state index in [1.807, 2.05) is 0 Å². The summed E-state index contributed by atoms with van der Waals surface area (Å²) in [7, 11) is 0. The number of hydrogen-bond donors (Lipinski definition) is 0. The van der Waals surface area contributed by atoms with Crippen LogP contribution in [0.2, 0.25) is 0 Å². The molecule has 4 nitrogen and oxygen atoms in total. The van der Waals surface area contributed by atoms with Crippen LogP contribution in [-0.2, 0) is 9.59 Å². The third-order valence-electron chi connectivity index (χ3n) is 1.11. The summed E-state index contributed by atoms with van der Waals surface area (Å²) < 4.78 is 0. The van der Waals surface area contributed by atoms with Crippen LogP contribution in [0.15, 0.2) is 9.98 Å². The van der Waals surface area contributed by atoms with Gasteiger partial charge in [-0.15, -0.1) is 0 Å². The lowest BCUT2D eigenvalue weighted by atomic mass is 10.3. The molecule has 1 aliphatic heterocycles. The molecule has 0 atom stereocenters. The van der Waals surface area contributed by atoms with Crippen molar-refractivity contribution in [3.63, 3.8) is 0 Å². The lowest BCUT2D eigenvalue weighted by Gasteiger charge is -1.90. The van der Waals surface area contributed by atoms with Gasteiger partial charge in [-0.25, -0.2) is 4.99 Å². The third kappa shape index (κ3) is 2.96. The van der Waals surface area contributed by atoms with Crippen molar-refractivity contribution in [1.29, 1.82) is 0 Å². The van der Waals surface area contributed by atoms with Gasteiger partial charge in [0.25, 0.3) is 5.91 Å². The molecule has 0 aromatic rings. The zero-order valence-corrected chi connectivity index (χ0v) is 7.43. The first-order chi connectivity index (χ1) is 5.68. The highest BCUT2D eigenvalue weighted by Crippen LogP contribution is 2.10. The Kier molecular flexibility index (Phi) is 3.16. The van der Waals surface area contributed by atoms with Gasteiger partial charge < -0.3 is 0 Å². The van der Waals surface area contributed by atoms with Gasteiger partial charge in [0.2, 0.25) is 0 Å². The Bertz CT molecular complexity index is 271. The van der Waals surface area contributed by atoms with E-state index in [0.29, 0.717) is 5.17 Å². The van der Waals surface area contributed by atoms with E-state index in [0.717, 1.165) is 5.75 Å². The van der Waals surface area contributed by atoms with E-state index in [-0.39, 0.29) is 12.2 Å². The fourth-order valence-electron chi connectivity index (χ4n) is 0.685. The van der Waals surface area contributed by atoms with E-state index in [2.05, 4.69) is 9.98 Å². The first-order valence-corrected chi connectivity index (χ1v) is 4.43. The van der Waals surface area contributed by atoms with Crippen LogP contribution in [0.5, 0.6) is 0 Å². The van der Waals surface area contributed by atoms with Crippen molar-refractivity contribution in [2.45, 2.75) is 13.3 Å². The van der Waals surface area contributed by atoms with Gasteiger partial charge in [0, 0.05) is 12.0 Å². The molecule has 1 rings (SSSR count). The highest BCUT2D eigenvalue weighted by atomic mass is 32.2. The zero-order valence-electron chi connectivity index (χ0n) is 6.61. The monoisotopic (exact) mass is 184 g/mol. The summed E-state index contributed by atoms with van der Waals surface area (Å²) in [6.07, 6.45) is 1.56. The Hall–Kier alpha value is -0.970. The molecule has 0 unspecified atom stereocenters. The normalized spacial score (nSPS) is 18.6. The van der Waals surface area contributed by atoms with Crippen LogP contribution in [0.1, 0.15) is 13.3 Å². The second kappa shape index (κ2) is 4.15. The van der Waals surface area contributed by atoms with E-state index in [1.165, 1.54) is 18.7 Å². The third-order valence-corrected chi connectivity index (χ3v) is 1.88. The quantitative estimate of drug-likeness (QED) is 0.592. The Morgan fingerprint density at radius 3 is 3.00 bits per heavy atom. The van der Waals surface area contributed by atoms with Gasteiger partial charge in [0.15, 0.2) is 5.17 Å². The van der Waals surface area contributed by atoms with E-state index in [1.54, 1.807) is 6.21 Å². The molecular weight excluding hydrogens is 176 g/mol. The number of amides is 1. The average Bonchev–Trinajstić information content (AvgIpc) is 2.37. The molecule has 12 heavy (non-hydrogen) atoms. The minimum Gasteiger partial charge on any atom is -0.299 e. The van der Waals surface area contributed by atoms with Gasteiger partial charge in [0.1, 0.15) is 5.78 Å². The molecule has 0 bridgehead atoms. The lowest BCUT2D eigenvalue weighted by molar-refractivity contribution is -0.125. The fourth-order valence-corrected chi connectivity index (χ4v) is 1.30. The Labute approximate surface area is 74.2 Å². The Balaban J connectivity index is 2.49. The molecule has 0 aromatic carbocycles. The topological polar surface area (TPSA) is 58.9 Å². The van der Waals surface area contributed by atoms with Crippen LogP contribution >= 0.6 is 11.8 Å². The maximum absolute atomic E-state index is 10.9. The molecular formula is C7H8N2O2S. The number of thioether (sulfide) groups is 1. The van der Waals surface area contributed by atoms with Gasteiger partial charge in [0.05, 0.1) is 6.42 Å². The first-order valence-electron chi connectivity index (χ1n) is 3.45. The first kappa shape index (κ1) is 9.12. The van der Waals surface area contributed by atoms with Crippen molar-refractivity contribution in [3.8, 4) is 0 Å². The molecule has 0 saturated heterocycles. The molecule has 0 fully saturated rings. The van der Waals surface area contributed by atoms with Crippen LogP contribution < -0.4 is 0 Å². The smallest absolute Gasteiger partial charge is 0.255 e. The summed E-state index contributed by atoms with van der Waals surface area (Å²) in [4.78, 5) is 28.9. The number of rotatable bonds is 2. The number of amidine groups is 1. The van der Waals surface area contributed by atoms with E-state index >= 15 is 0 Å². The minimum absolute atomic E-state index is 0.125. The van der Waals surface area contributed by atoms with Crippen LogP contribution in [0.3, 0.4) is 0 Å². The number of aliphatic imine (C=N–C) groups is 2. The zero-order chi connectivity index (χ0) is 8.97. The standard InChI is InChI=1S/C7H8N2O2S/c1-5(10)4-6(11)9-7-8-2-3-12-7/h2H,3-4H2,1H3. The van der Waals surface area contributed by atoms with Crippen LogP contribution in [0.4, 0.5) is 0 Å². The largest absolute Gasteiger partial charge is 0.299 e.